The lowest BCUT2D eigenvalue weighted by Gasteiger charge is -2.18. The molecule has 0 spiro atoms. The molecule has 92 valence electrons. The number of nitrogens with zero attached hydrogens (tertiary/aromatic N) is 1. The van der Waals surface area contributed by atoms with E-state index < -0.39 is 0 Å². The van der Waals surface area contributed by atoms with E-state index in [1.54, 1.807) is 0 Å². The van der Waals surface area contributed by atoms with Gasteiger partial charge < -0.3 is 4.90 Å². The Kier molecular flexibility index (Phi) is 4.10. The number of hydrogen-bond donors (Lipinski definition) is 0. The Hall–Kier alpha value is -0.540. The first-order valence-electron chi connectivity index (χ1n) is 5.69. The first-order chi connectivity index (χ1) is 8.10. The lowest BCUT2D eigenvalue weighted by Crippen LogP contribution is -2.25. The van der Waals surface area contributed by atoms with Crippen LogP contribution in [0.1, 0.15) is 17.5 Å². The highest BCUT2D eigenvalue weighted by Crippen LogP contribution is 2.23. The van der Waals surface area contributed by atoms with Gasteiger partial charge in [-0.2, -0.15) is 0 Å². The van der Waals surface area contributed by atoms with Crippen molar-refractivity contribution >= 4 is 33.4 Å². The average molecular weight is 317 g/mol. The molecule has 1 atom stereocenters. The van der Waals surface area contributed by atoms with E-state index in [0.717, 1.165) is 11.0 Å². The summed E-state index contributed by atoms with van der Waals surface area (Å²) in [6.07, 6.45) is 0.596. The second kappa shape index (κ2) is 5.40. The van der Waals surface area contributed by atoms with E-state index in [1.165, 1.54) is 11.1 Å². The minimum Gasteiger partial charge on any atom is -0.338 e. The van der Waals surface area contributed by atoms with Gasteiger partial charge in [0, 0.05) is 29.9 Å². The maximum Gasteiger partial charge on any atom is 0.223 e. The van der Waals surface area contributed by atoms with Crippen LogP contribution in [0.25, 0.3) is 0 Å². The van der Waals surface area contributed by atoms with Crippen LogP contribution in [0, 0.1) is 12.8 Å². The molecule has 1 aromatic carbocycles. The number of aryl methyl sites for hydroxylation is 1. The van der Waals surface area contributed by atoms with Gasteiger partial charge in [0.25, 0.3) is 0 Å². The van der Waals surface area contributed by atoms with Crippen LogP contribution < -0.4 is 0 Å². The lowest BCUT2D eigenvalue weighted by atomic mass is 10.1. The van der Waals surface area contributed by atoms with Gasteiger partial charge in [0.2, 0.25) is 5.91 Å². The van der Waals surface area contributed by atoms with Crippen LogP contribution in [0.15, 0.2) is 22.7 Å². The number of carbonyl (C=O) groups is 1. The highest BCUT2D eigenvalue weighted by atomic mass is 79.9. The molecule has 1 aliphatic heterocycles. The van der Waals surface area contributed by atoms with E-state index in [1.807, 2.05) is 11.0 Å². The smallest absolute Gasteiger partial charge is 0.223 e. The van der Waals surface area contributed by atoms with E-state index in [4.69, 9.17) is 11.6 Å². The quantitative estimate of drug-likeness (QED) is 0.783. The van der Waals surface area contributed by atoms with Gasteiger partial charge in [-0.25, -0.2) is 0 Å². The third kappa shape index (κ3) is 3.02. The van der Waals surface area contributed by atoms with Crippen LogP contribution in [0.5, 0.6) is 0 Å². The maximum atomic E-state index is 11.8. The van der Waals surface area contributed by atoms with Crippen LogP contribution in [0.3, 0.4) is 0 Å². The van der Waals surface area contributed by atoms with Crippen LogP contribution in [0.4, 0.5) is 0 Å². The monoisotopic (exact) mass is 315 g/mol. The first-order valence-corrected chi connectivity index (χ1v) is 7.01. The summed E-state index contributed by atoms with van der Waals surface area (Å²) in [7, 11) is 0. The molecule has 1 saturated heterocycles. The fourth-order valence-corrected chi connectivity index (χ4v) is 2.83. The summed E-state index contributed by atoms with van der Waals surface area (Å²) in [6.45, 7) is 3.56. The normalized spacial score (nSPS) is 20.1. The Morgan fingerprint density at radius 1 is 1.53 bits per heavy atom. The fourth-order valence-electron chi connectivity index (χ4n) is 2.15. The number of amides is 1. The van der Waals surface area contributed by atoms with Crippen molar-refractivity contribution in [3.63, 3.8) is 0 Å². The van der Waals surface area contributed by atoms with Gasteiger partial charge in [0.15, 0.2) is 0 Å². The number of rotatable bonds is 3. The molecule has 0 aliphatic carbocycles. The van der Waals surface area contributed by atoms with Gasteiger partial charge in [-0.3, -0.25) is 4.79 Å². The van der Waals surface area contributed by atoms with Gasteiger partial charge in [-0.05, 0) is 36.1 Å². The molecule has 4 heteroatoms. The Balaban J connectivity index is 2.08. The van der Waals surface area contributed by atoms with Crippen molar-refractivity contribution in [2.45, 2.75) is 19.9 Å². The van der Waals surface area contributed by atoms with Gasteiger partial charge >= 0.3 is 0 Å². The minimum atomic E-state index is 0.220. The third-order valence-corrected chi connectivity index (χ3v) is 4.11. The molecule has 1 unspecified atom stereocenters. The molecule has 1 fully saturated rings. The SMILES string of the molecule is Cc1cc(Br)ccc1CN1CC(CCl)CC1=O. The third-order valence-electron chi connectivity index (χ3n) is 3.18. The predicted octanol–water partition coefficient (Wildman–Crippen LogP) is 3.34. The molecule has 0 radical (unpaired) electrons. The predicted molar refractivity (Wildman–Crippen MR) is 73.1 cm³/mol. The molecule has 0 saturated carbocycles. The summed E-state index contributed by atoms with van der Waals surface area (Å²) in [5.74, 6) is 1.11. The van der Waals surface area contributed by atoms with Crippen LogP contribution in [-0.2, 0) is 11.3 Å². The Morgan fingerprint density at radius 3 is 2.88 bits per heavy atom. The highest BCUT2D eigenvalue weighted by molar-refractivity contribution is 9.10. The molecule has 2 rings (SSSR count). The van der Waals surface area contributed by atoms with Gasteiger partial charge in [-0.1, -0.05) is 22.0 Å². The maximum absolute atomic E-state index is 11.8. The molecule has 0 aromatic heterocycles. The molecule has 1 amide bonds. The zero-order chi connectivity index (χ0) is 12.4. The van der Waals surface area contributed by atoms with Crippen molar-refractivity contribution in [2.75, 3.05) is 12.4 Å². The largest absolute Gasteiger partial charge is 0.338 e. The standard InChI is InChI=1S/C13H15BrClNO/c1-9-4-12(14)3-2-11(9)8-16-7-10(6-15)5-13(16)17/h2-4,10H,5-8H2,1H3. The minimum absolute atomic E-state index is 0.220. The molecule has 0 bridgehead atoms. The number of hydrogen-bond acceptors (Lipinski definition) is 1. The summed E-state index contributed by atoms with van der Waals surface area (Å²) < 4.78 is 1.07. The Bertz CT molecular complexity index is 435. The Morgan fingerprint density at radius 2 is 2.29 bits per heavy atom. The van der Waals surface area contributed by atoms with Crippen molar-refractivity contribution in [3.05, 3.63) is 33.8 Å². The molecule has 1 aromatic rings. The molecule has 0 N–H and O–H groups in total. The zero-order valence-electron chi connectivity index (χ0n) is 9.75. The first kappa shape index (κ1) is 12.9. The van der Waals surface area contributed by atoms with Crippen molar-refractivity contribution in [1.29, 1.82) is 0 Å². The second-order valence-corrected chi connectivity index (χ2v) is 5.79. The van der Waals surface area contributed by atoms with E-state index in [0.29, 0.717) is 24.8 Å². The van der Waals surface area contributed by atoms with Crippen LogP contribution in [0.2, 0.25) is 0 Å². The molecule has 17 heavy (non-hydrogen) atoms. The molecular formula is C13H15BrClNO. The average Bonchev–Trinajstić information content (AvgIpc) is 2.64. The number of alkyl halides is 1. The molecule has 1 aliphatic rings. The van der Waals surface area contributed by atoms with Gasteiger partial charge in [0.1, 0.15) is 0 Å². The zero-order valence-corrected chi connectivity index (χ0v) is 12.1. The number of halogens is 2. The number of benzene rings is 1. The van der Waals surface area contributed by atoms with Crippen molar-refractivity contribution in [2.24, 2.45) is 5.92 Å². The summed E-state index contributed by atoms with van der Waals surface area (Å²) >= 11 is 9.25. The number of carbonyl (C=O) groups excluding carboxylic acids is 1. The van der Waals surface area contributed by atoms with Crippen LogP contribution >= 0.6 is 27.5 Å². The van der Waals surface area contributed by atoms with E-state index in [-0.39, 0.29) is 5.91 Å². The number of likely N-dealkylation sites (tertiary alicyclic amines) is 1. The summed E-state index contributed by atoms with van der Waals surface area (Å²) in [5.41, 5.74) is 2.42. The molecular weight excluding hydrogens is 302 g/mol. The highest BCUT2D eigenvalue weighted by Gasteiger charge is 2.28. The fraction of sp³-hybridized carbons (Fsp3) is 0.462. The van der Waals surface area contributed by atoms with E-state index >= 15 is 0 Å². The van der Waals surface area contributed by atoms with E-state index in [9.17, 15) is 4.79 Å². The second-order valence-electron chi connectivity index (χ2n) is 4.57. The lowest BCUT2D eigenvalue weighted by molar-refractivity contribution is -0.128. The van der Waals surface area contributed by atoms with Crippen molar-refractivity contribution in [1.82, 2.24) is 4.90 Å². The van der Waals surface area contributed by atoms with Crippen LogP contribution in [-0.4, -0.2) is 23.2 Å². The van der Waals surface area contributed by atoms with Gasteiger partial charge in [0.05, 0.1) is 0 Å². The molecule has 2 nitrogen and oxygen atoms in total. The summed E-state index contributed by atoms with van der Waals surface area (Å²) in [6, 6.07) is 6.16. The Labute approximate surface area is 115 Å². The van der Waals surface area contributed by atoms with Gasteiger partial charge in [-0.15, -0.1) is 11.6 Å². The molecule has 1 heterocycles. The van der Waals surface area contributed by atoms with Crippen molar-refractivity contribution in [3.8, 4) is 0 Å². The van der Waals surface area contributed by atoms with E-state index in [2.05, 4.69) is 35.0 Å². The van der Waals surface area contributed by atoms with Crippen molar-refractivity contribution < 1.29 is 4.79 Å². The summed E-state index contributed by atoms with van der Waals surface area (Å²) in [4.78, 5) is 13.7. The topological polar surface area (TPSA) is 20.3 Å². The summed E-state index contributed by atoms with van der Waals surface area (Å²) in [5, 5.41) is 0.